The number of halogens is 1. The average Bonchev–Trinajstić information content (AvgIpc) is 2.45. The van der Waals surface area contributed by atoms with Gasteiger partial charge in [-0.2, -0.15) is 0 Å². The molecule has 0 unspecified atom stereocenters. The van der Waals surface area contributed by atoms with Crippen LogP contribution in [0, 0.1) is 5.41 Å². The first-order chi connectivity index (χ1) is 9.40. The SMILES string of the molecule is C=CCNC(=O)CN1CCN(C(=O)C(C)(C)CCl)CC1. The van der Waals surface area contributed by atoms with Crippen molar-refractivity contribution in [2.75, 3.05) is 45.1 Å². The largest absolute Gasteiger partial charge is 0.352 e. The van der Waals surface area contributed by atoms with Gasteiger partial charge in [-0.25, -0.2) is 0 Å². The second kappa shape index (κ2) is 7.64. The Labute approximate surface area is 125 Å². The molecule has 0 aromatic carbocycles. The van der Waals surface area contributed by atoms with Crippen LogP contribution in [0.1, 0.15) is 13.8 Å². The van der Waals surface area contributed by atoms with Gasteiger partial charge in [-0.1, -0.05) is 6.08 Å². The molecule has 2 amide bonds. The third kappa shape index (κ3) is 4.80. The van der Waals surface area contributed by atoms with E-state index in [2.05, 4.69) is 16.8 Å². The van der Waals surface area contributed by atoms with Crippen LogP contribution in [-0.4, -0.2) is 66.8 Å². The number of carbonyl (C=O) groups is 2. The molecule has 1 saturated heterocycles. The maximum Gasteiger partial charge on any atom is 0.234 e. The maximum atomic E-state index is 12.3. The molecule has 1 aliphatic heterocycles. The molecule has 1 heterocycles. The number of piperazine rings is 1. The normalized spacial score (nSPS) is 16.9. The molecule has 114 valence electrons. The molecule has 0 atom stereocenters. The van der Waals surface area contributed by atoms with Crippen LogP contribution in [0.25, 0.3) is 0 Å². The van der Waals surface area contributed by atoms with Gasteiger partial charge in [0.15, 0.2) is 0 Å². The smallest absolute Gasteiger partial charge is 0.234 e. The van der Waals surface area contributed by atoms with Gasteiger partial charge in [-0.15, -0.1) is 18.2 Å². The Hall–Kier alpha value is -1.07. The number of carbonyl (C=O) groups excluding carboxylic acids is 2. The molecule has 5 nitrogen and oxygen atoms in total. The van der Waals surface area contributed by atoms with Gasteiger partial charge in [0.05, 0.1) is 12.0 Å². The summed E-state index contributed by atoms with van der Waals surface area (Å²) in [4.78, 5) is 27.7. The molecule has 20 heavy (non-hydrogen) atoms. The molecule has 1 fully saturated rings. The van der Waals surface area contributed by atoms with Gasteiger partial charge in [-0.05, 0) is 13.8 Å². The van der Waals surface area contributed by atoms with Gasteiger partial charge in [0.2, 0.25) is 11.8 Å². The van der Waals surface area contributed by atoms with E-state index in [0.717, 1.165) is 0 Å². The molecule has 0 aromatic heterocycles. The summed E-state index contributed by atoms with van der Waals surface area (Å²) in [5.74, 6) is 0.393. The van der Waals surface area contributed by atoms with Crippen molar-refractivity contribution in [3.63, 3.8) is 0 Å². The molecule has 6 heteroatoms. The first-order valence-electron chi connectivity index (χ1n) is 6.86. The van der Waals surface area contributed by atoms with Crippen LogP contribution in [0.4, 0.5) is 0 Å². The predicted octanol–water partition coefficient (Wildman–Crippen LogP) is 0.698. The lowest BCUT2D eigenvalue weighted by Gasteiger charge is -2.37. The number of nitrogens with one attached hydrogen (secondary N) is 1. The first-order valence-corrected chi connectivity index (χ1v) is 7.39. The Morgan fingerprint density at radius 3 is 2.40 bits per heavy atom. The molecule has 1 rings (SSSR count). The third-order valence-corrected chi connectivity index (χ3v) is 4.05. The van der Waals surface area contributed by atoms with Crippen molar-refractivity contribution < 1.29 is 9.59 Å². The Morgan fingerprint density at radius 2 is 1.90 bits per heavy atom. The molecule has 0 bridgehead atoms. The van der Waals surface area contributed by atoms with Crippen LogP contribution in [0.15, 0.2) is 12.7 Å². The minimum absolute atomic E-state index is 0.00855. The molecule has 0 aromatic rings. The number of nitrogens with zero attached hydrogens (tertiary/aromatic N) is 2. The summed E-state index contributed by atoms with van der Waals surface area (Å²) < 4.78 is 0. The van der Waals surface area contributed by atoms with Crippen LogP contribution >= 0.6 is 11.6 Å². The van der Waals surface area contributed by atoms with E-state index in [0.29, 0.717) is 45.1 Å². The molecular weight excluding hydrogens is 278 g/mol. The Bertz CT molecular complexity index is 363. The fourth-order valence-electron chi connectivity index (χ4n) is 2.04. The van der Waals surface area contributed by atoms with E-state index < -0.39 is 5.41 Å². The van der Waals surface area contributed by atoms with E-state index in [9.17, 15) is 9.59 Å². The summed E-state index contributed by atoms with van der Waals surface area (Å²) >= 11 is 5.83. The van der Waals surface area contributed by atoms with Gasteiger partial charge in [-0.3, -0.25) is 14.5 Å². The van der Waals surface area contributed by atoms with Crippen molar-refractivity contribution in [1.29, 1.82) is 0 Å². The quantitative estimate of drug-likeness (QED) is 0.580. The maximum absolute atomic E-state index is 12.3. The zero-order valence-electron chi connectivity index (χ0n) is 12.3. The number of hydrogen-bond acceptors (Lipinski definition) is 3. The number of rotatable bonds is 6. The fourth-order valence-corrected chi connectivity index (χ4v) is 2.15. The standard InChI is InChI=1S/C14H24ClN3O2/c1-4-5-16-12(19)10-17-6-8-18(9-7-17)13(20)14(2,3)11-15/h4H,1,5-11H2,2-3H3,(H,16,19). The monoisotopic (exact) mass is 301 g/mol. The minimum Gasteiger partial charge on any atom is -0.352 e. The lowest BCUT2D eigenvalue weighted by Crippen LogP contribution is -2.54. The summed E-state index contributed by atoms with van der Waals surface area (Å²) in [6.45, 7) is 10.9. The van der Waals surface area contributed by atoms with Gasteiger partial charge >= 0.3 is 0 Å². The zero-order chi connectivity index (χ0) is 15.2. The summed E-state index contributed by atoms with van der Waals surface area (Å²) in [5, 5.41) is 2.75. The van der Waals surface area contributed by atoms with E-state index in [4.69, 9.17) is 11.6 Å². The first kappa shape index (κ1) is 17.0. The predicted molar refractivity (Wildman–Crippen MR) is 80.7 cm³/mol. The molecule has 0 spiro atoms. The van der Waals surface area contributed by atoms with Crippen molar-refractivity contribution in [3.8, 4) is 0 Å². The van der Waals surface area contributed by atoms with Crippen molar-refractivity contribution >= 4 is 23.4 Å². The molecular formula is C14H24ClN3O2. The Balaban J connectivity index is 2.38. The molecule has 1 N–H and O–H groups in total. The molecule has 0 radical (unpaired) electrons. The van der Waals surface area contributed by atoms with Crippen molar-refractivity contribution in [1.82, 2.24) is 15.1 Å². The third-order valence-electron chi connectivity index (χ3n) is 3.38. The summed E-state index contributed by atoms with van der Waals surface area (Å²) in [5.41, 5.74) is -0.523. The zero-order valence-corrected chi connectivity index (χ0v) is 13.1. The van der Waals surface area contributed by atoms with E-state index in [1.165, 1.54) is 0 Å². The van der Waals surface area contributed by atoms with Gasteiger partial charge in [0.25, 0.3) is 0 Å². The molecule has 0 aliphatic carbocycles. The molecule has 0 saturated carbocycles. The summed E-state index contributed by atoms with van der Waals surface area (Å²) in [6.07, 6.45) is 1.66. The highest BCUT2D eigenvalue weighted by Crippen LogP contribution is 2.21. The Morgan fingerprint density at radius 1 is 1.30 bits per heavy atom. The fraction of sp³-hybridized carbons (Fsp3) is 0.714. The van der Waals surface area contributed by atoms with E-state index in [-0.39, 0.29) is 11.8 Å². The number of alkyl halides is 1. The van der Waals surface area contributed by atoms with Crippen LogP contribution in [0.5, 0.6) is 0 Å². The average molecular weight is 302 g/mol. The van der Waals surface area contributed by atoms with Gasteiger partial charge in [0.1, 0.15) is 0 Å². The highest BCUT2D eigenvalue weighted by molar-refractivity contribution is 6.19. The van der Waals surface area contributed by atoms with Crippen LogP contribution in [0.3, 0.4) is 0 Å². The minimum atomic E-state index is -0.523. The highest BCUT2D eigenvalue weighted by atomic mass is 35.5. The van der Waals surface area contributed by atoms with E-state index in [1.54, 1.807) is 6.08 Å². The number of amides is 2. The van der Waals surface area contributed by atoms with Crippen LogP contribution < -0.4 is 5.32 Å². The molecule has 1 aliphatic rings. The topological polar surface area (TPSA) is 52.7 Å². The number of hydrogen-bond donors (Lipinski definition) is 1. The van der Waals surface area contributed by atoms with Crippen molar-refractivity contribution in [2.45, 2.75) is 13.8 Å². The van der Waals surface area contributed by atoms with Crippen LogP contribution in [0.2, 0.25) is 0 Å². The van der Waals surface area contributed by atoms with Crippen molar-refractivity contribution in [2.24, 2.45) is 5.41 Å². The van der Waals surface area contributed by atoms with Crippen molar-refractivity contribution in [3.05, 3.63) is 12.7 Å². The van der Waals surface area contributed by atoms with Gasteiger partial charge < -0.3 is 10.2 Å². The van der Waals surface area contributed by atoms with E-state index >= 15 is 0 Å². The summed E-state index contributed by atoms with van der Waals surface area (Å²) in [7, 11) is 0. The summed E-state index contributed by atoms with van der Waals surface area (Å²) in [6, 6.07) is 0. The second-order valence-electron chi connectivity index (χ2n) is 5.68. The van der Waals surface area contributed by atoms with Gasteiger partial charge in [0, 0.05) is 38.6 Å². The Kier molecular flexibility index (Phi) is 6.49. The van der Waals surface area contributed by atoms with Crippen LogP contribution in [-0.2, 0) is 9.59 Å². The lowest BCUT2D eigenvalue weighted by molar-refractivity contribution is -0.141. The van der Waals surface area contributed by atoms with E-state index in [1.807, 2.05) is 18.7 Å². The lowest BCUT2D eigenvalue weighted by atomic mass is 9.94. The highest BCUT2D eigenvalue weighted by Gasteiger charge is 2.33. The second-order valence-corrected chi connectivity index (χ2v) is 5.95.